The van der Waals surface area contributed by atoms with Crippen LogP contribution in [0.25, 0.3) is 0 Å². The number of rotatable bonds is 4. The highest BCUT2D eigenvalue weighted by atomic mass is 32.1. The third-order valence-corrected chi connectivity index (χ3v) is 5.28. The standard InChI is InChI=1S/C17H20O2S/c1-12-7-10-20-16(12)17(2,18)8-5-13-3-4-15-14(11-13)6-9-19-15/h3-4,7,10-11,18H,5-6,8-9H2,1-2H3. The zero-order valence-electron chi connectivity index (χ0n) is 12.0. The second-order valence-electron chi connectivity index (χ2n) is 5.75. The van der Waals surface area contributed by atoms with Crippen LogP contribution in [0.5, 0.6) is 5.75 Å². The number of aryl methyl sites for hydroxylation is 2. The maximum Gasteiger partial charge on any atom is 0.122 e. The molecule has 0 aliphatic carbocycles. The van der Waals surface area contributed by atoms with Gasteiger partial charge in [0.15, 0.2) is 0 Å². The number of aliphatic hydroxyl groups is 1. The summed E-state index contributed by atoms with van der Waals surface area (Å²) in [4.78, 5) is 1.09. The fourth-order valence-corrected chi connectivity index (χ4v) is 3.84. The van der Waals surface area contributed by atoms with Crippen molar-refractivity contribution in [2.24, 2.45) is 0 Å². The van der Waals surface area contributed by atoms with Crippen LogP contribution in [0.15, 0.2) is 29.6 Å². The van der Waals surface area contributed by atoms with Gasteiger partial charge >= 0.3 is 0 Å². The molecule has 1 aromatic carbocycles. The number of hydrogen-bond acceptors (Lipinski definition) is 3. The van der Waals surface area contributed by atoms with Gasteiger partial charge in [-0.15, -0.1) is 11.3 Å². The quantitative estimate of drug-likeness (QED) is 0.926. The average Bonchev–Trinajstić information content (AvgIpc) is 3.04. The molecule has 1 aromatic heterocycles. The number of hydrogen-bond donors (Lipinski definition) is 1. The summed E-state index contributed by atoms with van der Waals surface area (Å²) in [7, 11) is 0. The molecule has 106 valence electrons. The first kappa shape index (κ1) is 13.7. The van der Waals surface area contributed by atoms with Gasteiger partial charge in [0.05, 0.1) is 12.2 Å². The Morgan fingerprint density at radius 1 is 1.35 bits per heavy atom. The van der Waals surface area contributed by atoms with Crippen LogP contribution in [0, 0.1) is 6.92 Å². The monoisotopic (exact) mass is 288 g/mol. The molecule has 1 unspecified atom stereocenters. The Hall–Kier alpha value is -1.32. The van der Waals surface area contributed by atoms with Gasteiger partial charge in [0.25, 0.3) is 0 Å². The smallest absolute Gasteiger partial charge is 0.122 e. The van der Waals surface area contributed by atoms with E-state index in [9.17, 15) is 5.11 Å². The molecule has 0 fully saturated rings. The molecule has 2 aromatic rings. The molecule has 1 atom stereocenters. The van der Waals surface area contributed by atoms with Crippen molar-refractivity contribution >= 4 is 11.3 Å². The second kappa shape index (κ2) is 5.23. The molecule has 2 nitrogen and oxygen atoms in total. The predicted octanol–water partition coefficient (Wildman–Crippen LogP) is 3.83. The minimum absolute atomic E-state index is 0.742. The number of thiophene rings is 1. The van der Waals surface area contributed by atoms with Gasteiger partial charge < -0.3 is 9.84 Å². The van der Waals surface area contributed by atoms with Crippen molar-refractivity contribution in [3.05, 3.63) is 51.2 Å². The van der Waals surface area contributed by atoms with Gasteiger partial charge in [0.2, 0.25) is 0 Å². The topological polar surface area (TPSA) is 29.5 Å². The highest BCUT2D eigenvalue weighted by Gasteiger charge is 2.26. The van der Waals surface area contributed by atoms with Crippen LogP contribution < -0.4 is 4.74 Å². The molecule has 0 radical (unpaired) electrons. The van der Waals surface area contributed by atoms with Gasteiger partial charge in [-0.3, -0.25) is 0 Å². The number of fused-ring (bicyclic) bond motifs is 1. The first-order valence-corrected chi connectivity index (χ1v) is 7.96. The highest BCUT2D eigenvalue weighted by molar-refractivity contribution is 7.10. The maximum absolute atomic E-state index is 10.7. The van der Waals surface area contributed by atoms with E-state index in [1.165, 1.54) is 16.7 Å². The van der Waals surface area contributed by atoms with E-state index < -0.39 is 5.60 Å². The molecule has 1 aliphatic rings. The van der Waals surface area contributed by atoms with Crippen molar-refractivity contribution < 1.29 is 9.84 Å². The molecule has 0 bridgehead atoms. The minimum Gasteiger partial charge on any atom is -0.493 e. The average molecular weight is 288 g/mol. The van der Waals surface area contributed by atoms with Crippen molar-refractivity contribution in [2.75, 3.05) is 6.61 Å². The van der Waals surface area contributed by atoms with Crippen molar-refractivity contribution in [2.45, 2.75) is 38.7 Å². The molecular weight excluding hydrogens is 268 g/mol. The maximum atomic E-state index is 10.7. The molecule has 1 N–H and O–H groups in total. The van der Waals surface area contributed by atoms with Crippen LogP contribution in [0.3, 0.4) is 0 Å². The third-order valence-electron chi connectivity index (χ3n) is 4.01. The third kappa shape index (κ3) is 2.60. The molecule has 3 heteroatoms. The fourth-order valence-electron chi connectivity index (χ4n) is 2.82. The molecule has 3 rings (SSSR count). The Kier molecular flexibility index (Phi) is 3.57. The van der Waals surface area contributed by atoms with E-state index in [4.69, 9.17) is 4.74 Å². The summed E-state index contributed by atoms with van der Waals surface area (Å²) >= 11 is 1.64. The Morgan fingerprint density at radius 2 is 2.20 bits per heavy atom. The van der Waals surface area contributed by atoms with Crippen LogP contribution in [-0.4, -0.2) is 11.7 Å². The Balaban J connectivity index is 1.71. The van der Waals surface area contributed by atoms with Gasteiger partial charge in [-0.1, -0.05) is 12.1 Å². The summed E-state index contributed by atoms with van der Waals surface area (Å²) in [6.45, 7) is 4.78. The van der Waals surface area contributed by atoms with Crippen LogP contribution >= 0.6 is 11.3 Å². The van der Waals surface area contributed by atoms with Crippen molar-refractivity contribution in [3.63, 3.8) is 0 Å². The Morgan fingerprint density at radius 3 is 2.95 bits per heavy atom. The number of ether oxygens (including phenoxy) is 1. The van der Waals surface area contributed by atoms with E-state index in [0.717, 1.165) is 36.5 Å². The fraction of sp³-hybridized carbons (Fsp3) is 0.412. The summed E-state index contributed by atoms with van der Waals surface area (Å²) in [6.07, 6.45) is 2.63. The van der Waals surface area contributed by atoms with E-state index in [0.29, 0.717) is 0 Å². The first-order chi connectivity index (χ1) is 9.56. The second-order valence-corrected chi connectivity index (χ2v) is 6.66. The van der Waals surface area contributed by atoms with E-state index in [-0.39, 0.29) is 0 Å². The lowest BCUT2D eigenvalue weighted by Gasteiger charge is -2.23. The summed E-state index contributed by atoms with van der Waals surface area (Å²) in [5.41, 5.74) is 3.02. The molecule has 20 heavy (non-hydrogen) atoms. The normalized spacial score (nSPS) is 16.6. The molecule has 0 amide bonds. The van der Waals surface area contributed by atoms with Crippen molar-refractivity contribution in [1.29, 1.82) is 0 Å². The number of benzene rings is 1. The lowest BCUT2D eigenvalue weighted by Crippen LogP contribution is -2.21. The predicted molar refractivity (Wildman–Crippen MR) is 82.6 cm³/mol. The van der Waals surface area contributed by atoms with Gasteiger partial charge in [-0.2, -0.15) is 0 Å². The summed E-state index contributed by atoms with van der Waals surface area (Å²) < 4.78 is 5.53. The first-order valence-electron chi connectivity index (χ1n) is 7.08. The van der Waals surface area contributed by atoms with Gasteiger partial charge in [0, 0.05) is 11.3 Å². The minimum atomic E-state index is -0.742. The zero-order chi connectivity index (χ0) is 14.2. The van der Waals surface area contributed by atoms with E-state index in [2.05, 4.69) is 31.2 Å². The van der Waals surface area contributed by atoms with Crippen LogP contribution in [0.4, 0.5) is 0 Å². The Labute approximate surface area is 124 Å². The molecular formula is C17H20O2S. The molecule has 1 aliphatic heterocycles. The van der Waals surface area contributed by atoms with Gasteiger partial charge in [-0.05, 0) is 60.9 Å². The summed E-state index contributed by atoms with van der Waals surface area (Å²) in [6, 6.07) is 8.46. The van der Waals surface area contributed by atoms with Gasteiger partial charge in [0.1, 0.15) is 5.75 Å². The lowest BCUT2D eigenvalue weighted by molar-refractivity contribution is 0.0513. The molecule has 0 saturated heterocycles. The lowest BCUT2D eigenvalue weighted by atomic mass is 9.93. The summed E-state index contributed by atoms with van der Waals surface area (Å²) in [5, 5.41) is 12.7. The SMILES string of the molecule is Cc1ccsc1C(C)(O)CCc1ccc2c(c1)CCO2. The van der Waals surface area contributed by atoms with E-state index >= 15 is 0 Å². The highest BCUT2D eigenvalue weighted by Crippen LogP contribution is 2.33. The Bertz CT molecular complexity index is 613. The van der Waals surface area contributed by atoms with Crippen molar-refractivity contribution in [3.8, 4) is 5.75 Å². The molecule has 0 spiro atoms. The van der Waals surface area contributed by atoms with E-state index in [1.54, 1.807) is 11.3 Å². The van der Waals surface area contributed by atoms with E-state index in [1.807, 2.05) is 12.3 Å². The van der Waals surface area contributed by atoms with Crippen LogP contribution in [-0.2, 0) is 18.4 Å². The van der Waals surface area contributed by atoms with Crippen LogP contribution in [0.2, 0.25) is 0 Å². The molecule has 0 saturated carbocycles. The summed E-state index contributed by atoms with van der Waals surface area (Å²) in [5.74, 6) is 1.02. The zero-order valence-corrected chi connectivity index (χ0v) is 12.8. The van der Waals surface area contributed by atoms with Crippen molar-refractivity contribution in [1.82, 2.24) is 0 Å². The largest absolute Gasteiger partial charge is 0.493 e. The molecule has 2 heterocycles. The van der Waals surface area contributed by atoms with Gasteiger partial charge in [-0.25, -0.2) is 0 Å². The van der Waals surface area contributed by atoms with Crippen LogP contribution in [0.1, 0.15) is 34.9 Å².